The summed E-state index contributed by atoms with van der Waals surface area (Å²) in [6.45, 7) is 0. The number of anilines is 3. The van der Waals surface area contributed by atoms with E-state index in [9.17, 15) is 0 Å². The Hall–Kier alpha value is -5.66. The van der Waals surface area contributed by atoms with Gasteiger partial charge in [0.2, 0.25) is 0 Å². The predicted molar refractivity (Wildman–Crippen MR) is 185 cm³/mol. The van der Waals surface area contributed by atoms with Gasteiger partial charge in [0.05, 0.1) is 5.69 Å². The van der Waals surface area contributed by atoms with Crippen molar-refractivity contribution < 1.29 is 0 Å². The lowest BCUT2D eigenvalue weighted by molar-refractivity contribution is 1.30. The van der Waals surface area contributed by atoms with Crippen molar-refractivity contribution in [3.05, 3.63) is 176 Å². The smallest absolute Gasteiger partial charge is 0.0546 e. The van der Waals surface area contributed by atoms with E-state index in [2.05, 4.69) is 181 Å². The molecule has 0 radical (unpaired) electrons. The summed E-state index contributed by atoms with van der Waals surface area (Å²) in [4.78, 5) is 2.39. The number of hydrogen-bond acceptors (Lipinski definition) is 1. The summed E-state index contributed by atoms with van der Waals surface area (Å²) >= 11 is 0. The second-order valence-electron chi connectivity index (χ2n) is 11.0. The number of benzene rings is 8. The Morgan fingerprint density at radius 1 is 0.279 bits per heavy atom. The number of rotatable bonds is 5. The molecule has 0 spiro atoms. The molecule has 1 nitrogen and oxygen atoms in total. The van der Waals surface area contributed by atoms with Crippen molar-refractivity contribution >= 4 is 49.4 Å². The van der Waals surface area contributed by atoms with Crippen molar-refractivity contribution in [1.29, 1.82) is 0 Å². The molecule has 0 aliphatic rings. The topological polar surface area (TPSA) is 3.24 Å². The summed E-state index contributed by atoms with van der Waals surface area (Å²) in [6, 6.07) is 63.4. The third-order valence-electron chi connectivity index (χ3n) is 8.45. The highest BCUT2D eigenvalue weighted by molar-refractivity contribution is 6.21. The van der Waals surface area contributed by atoms with Crippen molar-refractivity contribution in [2.45, 2.75) is 0 Å². The Labute approximate surface area is 251 Å². The van der Waals surface area contributed by atoms with Crippen LogP contribution in [0.2, 0.25) is 0 Å². The van der Waals surface area contributed by atoms with Gasteiger partial charge in [0.1, 0.15) is 0 Å². The lowest BCUT2D eigenvalue weighted by atomic mass is 9.95. The van der Waals surface area contributed by atoms with Gasteiger partial charge >= 0.3 is 0 Å². The summed E-state index contributed by atoms with van der Waals surface area (Å²) in [5.41, 5.74) is 8.30. The average Bonchev–Trinajstić information content (AvgIpc) is 3.09. The van der Waals surface area contributed by atoms with Crippen LogP contribution >= 0.6 is 0 Å². The predicted octanol–water partition coefficient (Wildman–Crippen LogP) is 11.9. The molecule has 0 aliphatic heterocycles. The molecule has 43 heavy (non-hydrogen) atoms. The van der Waals surface area contributed by atoms with Gasteiger partial charge < -0.3 is 4.90 Å². The Morgan fingerprint density at radius 2 is 0.744 bits per heavy atom. The Kier molecular flexibility index (Phi) is 6.20. The SMILES string of the molecule is c1ccc(-c2ccc(-c3ccc(N(c4ccccc4)c4cc5c6ccccc6ccc5c5ccccc45)cc3)cc2)cc1. The van der Waals surface area contributed by atoms with Crippen molar-refractivity contribution in [3.63, 3.8) is 0 Å². The fraction of sp³-hybridized carbons (Fsp3) is 0. The molecule has 0 unspecified atom stereocenters. The van der Waals surface area contributed by atoms with Crippen LogP contribution in [0.3, 0.4) is 0 Å². The monoisotopic (exact) mass is 547 g/mol. The molecule has 0 aromatic heterocycles. The highest BCUT2D eigenvalue weighted by Gasteiger charge is 2.18. The first-order valence-corrected chi connectivity index (χ1v) is 14.8. The van der Waals surface area contributed by atoms with Gasteiger partial charge in [0, 0.05) is 16.8 Å². The van der Waals surface area contributed by atoms with Gasteiger partial charge in [-0.05, 0) is 79.5 Å². The summed E-state index contributed by atoms with van der Waals surface area (Å²) in [5, 5.41) is 7.56. The van der Waals surface area contributed by atoms with Gasteiger partial charge in [-0.1, -0.05) is 146 Å². The molecule has 8 aromatic carbocycles. The largest absolute Gasteiger partial charge is 0.310 e. The molecule has 8 rings (SSSR count). The van der Waals surface area contributed by atoms with E-state index >= 15 is 0 Å². The second kappa shape index (κ2) is 10.6. The Morgan fingerprint density at radius 3 is 1.42 bits per heavy atom. The summed E-state index contributed by atoms with van der Waals surface area (Å²) in [7, 11) is 0. The summed E-state index contributed by atoms with van der Waals surface area (Å²) in [6.07, 6.45) is 0. The molecule has 0 N–H and O–H groups in total. The molecule has 1 heteroatoms. The zero-order valence-electron chi connectivity index (χ0n) is 23.7. The quantitative estimate of drug-likeness (QED) is 0.194. The maximum Gasteiger partial charge on any atom is 0.0546 e. The van der Waals surface area contributed by atoms with E-state index < -0.39 is 0 Å². The third kappa shape index (κ3) is 4.52. The first-order chi connectivity index (χ1) is 21.3. The Bertz CT molecular complexity index is 2200. The van der Waals surface area contributed by atoms with Gasteiger partial charge in [-0.25, -0.2) is 0 Å². The van der Waals surface area contributed by atoms with Crippen molar-refractivity contribution in [1.82, 2.24) is 0 Å². The molecule has 8 aromatic rings. The fourth-order valence-corrected chi connectivity index (χ4v) is 6.32. The molecule has 0 fully saturated rings. The summed E-state index contributed by atoms with van der Waals surface area (Å²) < 4.78 is 0. The van der Waals surface area contributed by atoms with Crippen LogP contribution in [0.15, 0.2) is 176 Å². The van der Waals surface area contributed by atoms with Crippen LogP contribution < -0.4 is 4.90 Å². The van der Waals surface area contributed by atoms with Crippen LogP contribution in [-0.4, -0.2) is 0 Å². The van der Waals surface area contributed by atoms with Crippen LogP contribution in [-0.2, 0) is 0 Å². The van der Waals surface area contributed by atoms with E-state index in [1.54, 1.807) is 0 Å². The highest BCUT2D eigenvalue weighted by Crippen LogP contribution is 2.43. The van der Waals surface area contributed by atoms with E-state index in [0.29, 0.717) is 0 Å². The minimum atomic E-state index is 1.13. The van der Waals surface area contributed by atoms with Gasteiger partial charge in [0.25, 0.3) is 0 Å². The molecular weight excluding hydrogens is 518 g/mol. The molecular formula is C42H29N. The Balaban J connectivity index is 1.28. The van der Waals surface area contributed by atoms with E-state index in [-0.39, 0.29) is 0 Å². The normalized spacial score (nSPS) is 11.3. The number of fused-ring (bicyclic) bond motifs is 5. The number of hydrogen-bond donors (Lipinski definition) is 0. The molecule has 0 atom stereocenters. The van der Waals surface area contributed by atoms with E-state index in [0.717, 1.165) is 11.4 Å². The van der Waals surface area contributed by atoms with Crippen LogP contribution in [0.1, 0.15) is 0 Å². The minimum Gasteiger partial charge on any atom is -0.310 e. The van der Waals surface area contributed by atoms with E-state index in [1.165, 1.54) is 60.3 Å². The lowest BCUT2D eigenvalue weighted by Gasteiger charge is -2.28. The highest BCUT2D eigenvalue weighted by atomic mass is 15.1. The van der Waals surface area contributed by atoms with Crippen molar-refractivity contribution in [3.8, 4) is 22.3 Å². The van der Waals surface area contributed by atoms with E-state index in [4.69, 9.17) is 0 Å². The zero-order chi connectivity index (χ0) is 28.6. The standard InChI is InChI=1S/C42H29N/c1-3-11-30(12-4-1)31-19-21-32(22-20-31)33-23-26-36(27-24-33)43(35-14-5-2-6-15-35)42-29-41-37-16-8-7-13-34(37)25-28-39(41)38-17-9-10-18-40(38)42/h1-29H. The molecule has 0 amide bonds. The first kappa shape index (κ1) is 25.1. The van der Waals surface area contributed by atoms with Crippen LogP contribution in [0.5, 0.6) is 0 Å². The number of nitrogens with zero attached hydrogens (tertiary/aromatic N) is 1. The van der Waals surface area contributed by atoms with Crippen LogP contribution in [0.25, 0.3) is 54.6 Å². The molecule has 202 valence electrons. The maximum atomic E-state index is 2.39. The third-order valence-corrected chi connectivity index (χ3v) is 8.45. The zero-order valence-corrected chi connectivity index (χ0v) is 23.7. The maximum absolute atomic E-state index is 2.39. The molecule has 0 saturated carbocycles. The fourth-order valence-electron chi connectivity index (χ4n) is 6.32. The molecule has 0 heterocycles. The summed E-state index contributed by atoms with van der Waals surface area (Å²) in [5.74, 6) is 0. The molecule has 0 bridgehead atoms. The lowest BCUT2D eigenvalue weighted by Crippen LogP contribution is -2.10. The van der Waals surface area contributed by atoms with Gasteiger partial charge in [-0.2, -0.15) is 0 Å². The van der Waals surface area contributed by atoms with Crippen LogP contribution in [0, 0.1) is 0 Å². The van der Waals surface area contributed by atoms with Crippen molar-refractivity contribution in [2.24, 2.45) is 0 Å². The van der Waals surface area contributed by atoms with E-state index in [1.807, 2.05) is 0 Å². The second-order valence-corrected chi connectivity index (χ2v) is 11.0. The average molecular weight is 548 g/mol. The minimum absolute atomic E-state index is 1.13. The molecule has 0 saturated heterocycles. The van der Waals surface area contributed by atoms with Crippen molar-refractivity contribution in [2.75, 3.05) is 4.90 Å². The van der Waals surface area contributed by atoms with Gasteiger partial charge in [-0.3, -0.25) is 0 Å². The van der Waals surface area contributed by atoms with Gasteiger partial charge in [0.15, 0.2) is 0 Å². The first-order valence-electron chi connectivity index (χ1n) is 14.8. The van der Waals surface area contributed by atoms with Crippen LogP contribution in [0.4, 0.5) is 17.1 Å². The number of para-hydroxylation sites is 1. The molecule has 0 aliphatic carbocycles. The van der Waals surface area contributed by atoms with Gasteiger partial charge in [-0.15, -0.1) is 0 Å².